The van der Waals surface area contributed by atoms with E-state index in [0.717, 1.165) is 17.5 Å². The molecule has 144 valence electrons. The molecule has 0 aliphatic heterocycles. The first-order valence-corrected chi connectivity index (χ1v) is 8.97. The summed E-state index contributed by atoms with van der Waals surface area (Å²) >= 11 is 0. The SMILES string of the molecule is CCCOC(=O)c1ccc(NC(=O)Cn2nnc(-c3ccc(C)cc3)n2)cc1. The number of amides is 1. The molecule has 0 saturated heterocycles. The van der Waals surface area contributed by atoms with E-state index in [1.165, 1.54) is 4.80 Å². The van der Waals surface area contributed by atoms with Crippen LogP contribution in [0, 0.1) is 6.92 Å². The fourth-order valence-electron chi connectivity index (χ4n) is 2.43. The first-order chi connectivity index (χ1) is 13.5. The molecule has 0 atom stereocenters. The van der Waals surface area contributed by atoms with Crippen molar-refractivity contribution in [3.8, 4) is 11.4 Å². The summed E-state index contributed by atoms with van der Waals surface area (Å²) < 4.78 is 5.07. The Morgan fingerprint density at radius 3 is 2.46 bits per heavy atom. The summed E-state index contributed by atoms with van der Waals surface area (Å²) in [5, 5.41) is 14.9. The Kier molecular flexibility index (Phi) is 6.11. The zero-order valence-electron chi connectivity index (χ0n) is 15.8. The quantitative estimate of drug-likeness (QED) is 0.634. The molecule has 0 aliphatic rings. The molecule has 1 heterocycles. The second kappa shape index (κ2) is 8.90. The summed E-state index contributed by atoms with van der Waals surface area (Å²) in [6.07, 6.45) is 0.766. The molecule has 0 bridgehead atoms. The van der Waals surface area contributed by atoms with Gasteiger partial charge in [-0.05, 0) is 42.8 Å². The van der Waals surface area contributed by atoms with Crippen molar-refractivity contribution in [1.29, 1.82) is 0 Å². The maximum Gasteiger partial charge on any atom is 0.338 e. The fraction of sp³-hybridized carbons (Fsp3) is 0.250. The van der Waals surface area contributed by atoms with Gasteiger partial charge >= 0.3 is 5.97 Å². The molecular formula is C20H21N5O3. The number of nitrogens with zero attached hydrogens (tertiary/aromatic N) is 4. The molecule has 1 N–H and O–H groups in total. The Hall–Kier alpha value is -3.55. The van der Waals surface area contributed by atoms with Crippen LogP contribution in [-0.4, -0.2) is 38.7 Å². The Morgan fingerprint density at radius 1 is 1.07 bits per heavy atom. The second-order valence-corrected chi connectivity index (χ2v) is 6.27. The number of aromatic nitrogens is 4. The van der Waals surface area contributed by atoms with Crippen LogP contribution in [0.3, 0.4) is 0 Å². The number of carbonyl (C=O) groups is 2. The molecule has 3 aromatic rings. The van der Waals surface area contributed by atoms with Crippen molar-refractivity contribution in [3.05, 3.63) is 59.7 Å². The summed E-state index contributed by atoms with van der Waals surface area (Å²) in [6, 6.07) is 14.2. The average Bonchev–Trinajstić information content (AvgIpc) is 3.15. The second-order valence-electron chi connectivity index (χ2n) is 6.27. The highest BCUT2D eigenvalue weighted by molar-refractivity contribution is 5.92. The third-order valence-corrected chi connectivity index (χ3v) is 3.89. The Balaban J connectivity index is 1.57. The van der Waals surface area contributed by atoms with E-state index in [1.807, 2.05) is 38.1 Å². The van der Waals surface area contributed by atoms with Gasteiger partial charge in [0, 0.05) is 11.3 Å². The maximum absolute atomic E-state index is 12.2. The summed E-state index contributed by atoms with van der Waals surface area (Å²) in [7, 11) is 0. The lowest BCUT2D eigenvalue weighted by Gasteiger charge is -2.06. The Bertz CT molecular complexity index is 949. The molecular weight excluding hydrogens is 358 g/mol. The predicted octanol–water partition coefficient (Wildman–Crippen LogP) is 2.85. The number of tetrazole rings is 1. The minimum atomic E-state index is -0.379. The largest absolute Gasteiger partial charge is 0.462 e. The van der Waals surface area contributed by atoms with Crippen molar-refractivity contribution in [2.24, 2.45) is 0 Å². The van der Waals surface area contributed by atoms with E-state index in [2.05, 4.69) is 20.7 Å². The molecule has 3 rings (SSSR count). The standard InChI is InChI=1S/C20H21N5O3/c1-3-12-28-20(27)16-8-10-17(11-9-16)21-18(26)13-25-23-19(22-24-25)15-6-4-14(2)5-7-15/h4-11H,3,12-13H2,1-2H3,(H,21,26). The van der Waals surface area contributed by atoms with Gasteiger partial charge in [0.2, 0.25) is 11.7 Å². The van der Waals surface area contributed by atoms with E-state index in [1.54, 1.807) is 24.3 Å². The van der Waals surface area contributed by atoms with Crippen molar-refractivity contribution in [1.82, 2.24) is 20.2 Å². The van der Waals surface area contributed by atoms with Gasteiger partial charge in [0.05, 0.1) is 12.2 Å². The maximum atomic E-state index is 12.2. The molecule has 2 aromatic carbocycles. The topological polar surface area (TPSA) is 99.0 Å². The van der Waals surface area contributed by atoms with Crippen molar-refractivity contribution in [3.63, 3.8) is 0 Å². The van der Waals surface area contributed by atoms with Gasteiger partial charge in [0.25, 0.3) is 0 Å². The minimum absolute atomic E-state index is 0.0703. The van der Waals surface area contributed by atoms with Crippen LogP contribution in [0.2, 0.25) is 0 Å². The molecule has 1 aromatic heterocycles. The number of carbonyl (C=O) groups excluding carboxylic acids is 2. The van der Waals surface area contributed by atoms with E-state index in [0.29, 0.717) is 23.7 Å². The number of ether oxygens (including phenoxy) is 1. The molecule has 0 radical (unpaired) electrons. The van der Waals surface area contributed by atoms with Gasteiger partial charge in [-0.15, -0.1) is 10.2 Å². The number of anilines is 1. The third-order valence-electron chi connectivity index (χ3n) is 3.89. The smallest absolute Gasteiger partial charge is 0.338 e. The normalized spacial score (nSPS) is 10.5. The number of hydrogen-bond donors (Lipinski definition) is 1. The number of esters is 1. The highest BCUT2D eigenvalue weighted by Crippen LogP contribution is 2.14. The van der Waals surface area contributed by atoms with Crippen molar-refractivity contribution < 1.29 is 14.3 Å². The van der Waals surface area contributed by atoms with Crippen LogP contribution >= 0.6 is 0 Å². The van der Waals surface area contributed by atoms with Gasteiger partial charge in [0.1, 0.15) is 6.54 Å². The summed E-state index contributed by atoms with van der Waals surface area (Å²) in [6.45, 7) is 4.24. The van der Waals surface area contributed by atoms with E-state index in [4.69, 9.17) is 4.74 Å². The lowest BCUT2D eigenvalue weighted by Crippen LogP contribution is -2.20. The van der Waals surface area contributed by atoms with Gasteiger partial charge in [-0.2, -0.15) is 4.80 Å². The van der Waals surface area contributed by atoms with Crippen molar-refractivity contribution >= 4 is 17.6 Å². The van der Waals surface area contributed by atoms with Gasteiger partial charge in [0.15, 0.2) is 0 Å². The molecule has 1 amide bonds. The van der Waals surface area contributed by atoms with Crippen LogP contribution in [0.1, 0.15) is 29.3 Å². The summed E-state index contributed by atoms with van der Waals surface area (Å²) in [5.74, 6) is -0.216. The van der Waals surface area contributed by atoms with Crippen LogP contribution in [0.4, 0.5) is 5.69 Å². The fourth-order valence-corrected chi connectivity index (χ4v) is 2.43. The monoisotopic (exact) mass is 379 g/mol. The van der Waals surface area contributed by atoms with Crippen molar-refractivity contribution in [2.45, 2.75) is 26.8 Å². The Labute approximate surface area is 162 Å². The zero-order valence-corrected chi connectivity index (χ0v) is 15.8. The predicted molar refractivity (Wildman–Crippen MR) is 104 cm³/mol. The van der Waals surface area contributed by atoms with Crippen LogP contribution in [-0.2, 0) is 16.1 Å². The molecule has 8 heteroatoms. The highest BCUT2D eigenvalue weighted by Gasteiger charge is 2.11. The Morgan fingerprint density at radius 2 is 1.79 bits per heavy atom. The molecule has 0 aliphatic carbocycles. The zero-order chi connectivity index (χ0) is 19.9. The molecule has 0 unspecified atom stereocenters. The van der Waals surface area contributed by atoms with Gasteiger partial charge in [-0.25, -0.2) is 4.79 Å². The number of hydrogen-bond acceptors (Lipinski definition) is 6. The lowest BCUT2D eigenvalue weighted by molar-refractivity contribution is -0.117. The molecule has 8 nitrogen and oxygen atoms in total. The highest BCUT2D eigenvalue weighted by atomic mass is 16.5. The first-order valence-electron chi connectivity index (χ1n) is 8.97. The number of benzene rings is 2. The molecule has 0 fully saturated rings. The third kappa shape index (κ3) is 5.00. The van der Waals surface area contributed by atoms with E-state index < -0.39 is 0 Å². The van der Waals surface area contributed by atoms with E-state index in [9.17, 15) is 9.59 Å². The van der Waals surface area contributed by atoms with Gasteiger partial charge in [-0.1, -0.05) is 36.8 Å². The number of nitrogens with one attached hydrogen (secondary N) is 1. The van der Waals surface area contributed by atoms with E-state index in [-0.39, 0.29) is 18.4 Å². The minimum Gasteiger partial charge on any atom is -0.462 e. The van der Waals surface area contributed by atoms with Crippen LogP contribution in [0.15, 0.2) is 48.5 Å². The molecule has 28 heavy (non-hydrogen) atoms. The average molecular weight is 379 g/mol. The summed E-state index contributed by atoms with van der Waals surface area (Å²) in [5.41, 5.74) is 2.98. The summed E-state index contributed by atoms with van der Waals surface area (Å²) in [4.78, 5) is 25.2. The van der Waals surface area contributed by atoms with Gasteiger partial charge < -0.3 is 10.1 Å². The number of rotatable bonds is 7. The van der Waals surface area contributed by atoms with E-state index >= 15 is 0 Å². The van der Waals surface area contributed by atoms with Crippen LogP contribution in [0.25, 0.3) is 11.4 Å². The lowest BCUT2D eigenvalue weighted by atomic mass is 10.1. The van der Waals surface area contributed by atoms with Gasteiger partial charge in [-0.3, -0.25) is 4.79 Å². The van der Waals surface area contributed by atoms with Crippen LogP contribution < -0.4 is 5.32 Å². The molecule has 0 saturated carbocycles. The van der Waals surface area contributed by atoms with Crippen molar-refractivity contribution in [2.75, 3.05) is 11.9 Å². The number of aryl methyl sites for hydroxylation is 1. The van der Waals surface area contributed by atoms with Crippen LogP contribution in [0.5, 0.6) is 0 Å². The first kappa shape index (κ1) is 19.2. The molecule has 0 spiro atoms.